The van der Waals surface area contributed by atoms with Crippen LogP contribution in [0.1, 0.15) is 22.3 Å². The fourth-order valence-electron chi connectivity index (χ4n) is 13.6. The Bertz CT molecular complexity index is 4360. The lowest BCUT2D eigenvalue weighted by atomic mass is 9.66. The zero-order chi connectivity index (χ0) is 50.2. The van der Waals surface area contributed by atoms with Crippen LogP contribution in [0.15, 0.2) is 303 Å². The number of hydrogen-bond donors (Lipinski definition) is 0. The zero-order valence-corrected chi connectivity index (χ0v) is 42.8. The lowest BCUT2D eigenvalue weighted by Crippen LogP contribution is -2.74. The molecule has 0 unspecified atom stereocenters. The summed E-state index contributed by atoms with van der Waals surface area (Å²) in [6.07, 6.45) is 0. The van der Waals surface area contributed by atoms with Crippen LogP contribution in [0.5, 0.6) is 0 Å². The standard InChI is InChI=1S/C73H50N2Si/c1-6-25-51(26-7-1)73(52-27-8-2-9-28-52)66-43-19-16-37-59(66)63-41-23-42-64(72(63)73)62-40-24-46-69-71(62)65-39-18-21-45-68(65)74(69)54-47-48-61-60-38-17-20-44-67(60)75(70(61)50-54)53-29-22-36-58(49-53)76(55-30-10-3-11-31-55,56-32-12-4-13-33-56)57-34-14-5-15-35-57/h1-50H. The van der Waals surface area contributed by atoms with E-state index in [1.807, 2.05) is 0 Å². The lowest BCUT2D eigenvalue weighted by Gasteiger charge is -2.35. The molecule has 0 saturated heterocycles. The average molecular weight is 983 g/mol. The van der Waals surface area contributed by atoms with Crippen LogP contribution in [0, 0.1) is 0 Å². The van der Waals surface area contributed by atoms with Crippen molar-refractivity contribution >= 4 is 72.4 Å². The largest absolute Gasteiger partial charge is 0.309 e. The molecule has 2 nitrogen and oxygen atoms in total. The zero-order valence-electron chi connectivity index (χ0n) is 41.8. The van der Waals surface area contributed by atoms with Gasteiger partial charge in [-0.3, -0.25) is 0 Å². The summed E-state index contributed by atoms with van der Waals surface area (Å²) >= 11 is 0. The van der Waals surface area contributed by atoms with Crippen LogP contribution in [-0.4, -0.2) is 17.2 Å². The molecule has 0 amide bonds. The molecular weight excluding hydrogens is 933 g/mol. The molecule has 0 N–H and O–H groups in total. The monoisotopic (exact) mass is 982 g/mol. The fraction of sp³-hybridized carbons (Fsp3) is 0.0137. The Balaban J connectivity index is 0.970. The van der Waals surface area contributed by atoms with Gasteiger partial charge in [0.05, 0.1) is 27.5 Å². The Morgan fingerprint density at radius 1 is 0.263 bits per heavy atom. The second-order valence-electron chi connectivity index (χ2n) is 20.3. The lowest BCUT2D eigenvalue weighted by molar-refractivity contribution is 0.770. The highest BCUT2D eigenvalue weighted by Gasteiger charge is 2.48. The van der Waals surface area contributed by atoms with Crippen molar-refractivity contribution in [2.24, 2.45) is 0 Å². The third kappa shape index (κ3) is 6.33. The molecule has 0 radical (unpaired) electrons. The van der Waals surface area contributed by atoms with Crippen LogP contribution in [0.25, 0.3) is 77.2 Å². The van der Waals surface area contributed by atoms with Crippen molar-refractivity contribution in [3.8, 4) is 33.6 Å². The second-order valence-corrected chi connectivity index (χ2v) is 24.1. The molecule has 15 rings (SSSR count). The molecule has 12 aromatic carbocycles. The van der Waals surface area contributed by atoms with E-state index in [0.717, 1.165) is 11.4 Å². The molecular formula is C73H50N2Si. The molecule has 1 aliphatic carbocycles. The summed E-state index contributed by atoms with van der Waals surface area (Å²) in [5, 5.41) is 10.3. The first-order valence-corrected chi connectivity index (χ1v) is 28.4. The van der Waals surface area contributed by atoms with Gasteiger partial charge in [-0.05, 0) is 108 Å². The Kier molecular flexibility index (Phi) is 10.2. The number of fused-ring (bicyclic) bond motifs is 9. The quantitative estimate of drug-likeness (QED) is 0.101. The first-order chi connectivity index (χ1) is 37.7. The summed E-state index contributed by atoms with van der Waals surface area (Å²) in [4.78, 5) is 0. The van der Waals surface area contributed by atoms with E-state index in [4.69, 9.17) is 0 Å². The van der Waals surface area contributed by atoms with Crippen molar-refractivity contribution in [3.63, 3.8) is 0 Å². The predicted molar refractivity (Wildman–Crippen MR) is 321 cm³/mol. The van der Waals surface area contributed by atoms with Gasteiger partial charge in [-0.1, -0.05) is 261 Å². The molecule has 1 aliphatic rings. The number of nitrogens with zero attached hydrogens (tertiary/aromatic N) is 2. The maximum absolute atomic E-state index is 2.82. The van der Waals surface area contributed by atoms with E-state index in [2.05, 4.69) is 312 Å². The molecule has 2 aromatic heterocycles. The van der Waals surface area contributed by atoms with Crippen molar-refractivity contribution in [2.75, 3.05) is 0 Å². The van der Waals surface area contributed by atoms with Crippen LogP contribution in [0.2, 0.25) is 0 Å². The highest BCUT2D eigenvalue weighted by atomic mass is 28.3. The Morgan fingerprint density at radius 3 is 1.33 bits per heavy atom. The number of hydrogen-bond acceptors (Lipinski definition) is 0. The smallest absolute Gasteiger partial charge is 0.179 e. The van der Waals surface area contributed by atoms with Gasteiger partial charge < -0.3 is 9.13 Å². The number of para-hydroxylation sites is 2. The van der Waals surface area contributed by atoms with E-state index < -0.39 is 13.5 Å². The summed E-state index contributed by atoms with van der Waals surface area (Å²) in [5.74, 6) is 0. The van der Waals surface area contributed by atoms with Gasteiger partial charge >= 0.3 is 0 Å². The fourth-order valence-corrected chi connectivity index (χ4v) is 18.4. The van der Waals surface area contributed by atoms with Crippen molar-refractivity contribution in [3.05, 3.63) is 326 Å². The second kappa shape index (κ2) is 17.6. The first-order valence-electron chi connectivity index (χ1n) is 26.4. The minimum Gasteiger partial charge on any atom is -0.309 e. The first kappa shape index (κ1) is 44.0. The van der Waals surface area contributed by atoms with E-state index in [-0.39, 0.29) is 0 Å². The van der Waals surface area contributed by atoms with E-state index >= 15 is 0 Å². The minimum atomic E-state index is -2.82. The summed E-state index contributed by atoms with van der Waals surface area (Å²) in [5.41, 5.74) is 16.6. The van der Waals surface area contributed by atoms with Crippen LogP contribution < -0.4 is 20.7 Å². The highest BCUT2D eigenvalue weighted by Crippen LogP contribution is 2.59. The van der Waals surface area contributed by atoms with Crippen LogP contribution in [0.3, 0.4) is 0 Å². The van der Waals surface area contributed by atoms with Crippen molar-refractivity contribution < 1.29 is 0 Å². The van der Waals surface area contributed by atoms with E-state index in [0.29, 0.717) is 0 Å². The van der Waals surface area contributed by atoms with Crippen molar-refractivity contribution in [1.82, 2.24) is 9.13 Å². The summed E-state index contributed by atoms with van der Waals surface area (Å²) in [7, 11) is -2.82. The van der Waals surface area contributed by atoms with Gasteiger partial charge in [0.25, 0.3) is 0 Å². The van der Waals surface area contributed by atoms with Crippen LogP contribution in [-0.2, 0) is 5.41 Å². The third-order valence-corrected chi connectivity index (χ3v) is 21.3. The van der Waals surface area contributed by atoms with Gasteiger partial charge in [0.2, 0.25) is 0 Å². The minimum absolute atomic E-state index is 0.549. The van der Waals surface area contributed by atoms with Crippen molar-refractivity contribution in [2.45, 2.75) is 5.41 Å². The van der Waals surface area contributed by atoms with Gasteiger partial charge in [-0.2, -0.15) is 0 Å². The van der Waals surface area contributed by atoms with E-state index in [9.17, 15) is 0 Å². The van der Waals surface area contributed by atoms with Gasteiger partial charge in [-0.25, -0.2) is 0 Å². The molecule has 0 fully saturated rings. The molecule has 14 aromatic rings. The molecule has 0 saturated carbocycles. The molecule has 0 aliphatic heterocycles. The van der Waals surface area contributed by atoms with Crippen molar-refractivity contribution in [1.29, 1.82) is 0 Å². The Hall–Kier alpha value is -9.54. The van der Waals surface area contributed by atoms with E-state index in [1.165, 1.54) is 109 Å². The van der Waals surface area contributed by atoms with Gasteiger partial charge in [0, 0.05) is 32.9 Å². The molecule has 76 heavy (non-hydrogen) atoms. The van der Waals surface area contributed by atoms with Crippen LogP contribution >= 0.6 is 0 Å². The maximum Gasteiger partial charge on any atom is 0.179 e. The molecule has 0 bridgehead atoms. The normalized spacial score (nSPS) is 12.8. The molecule has 356 valence electrons. The SMILES string of the molecule is c1ccc(C2(c3ccccc3)c3ccccc3-c3cccc(-c4cccc5c4c4ccccc4n5-c4ccc5c6ccccc6n(-c6cccc([Si](c7ccccc7)(c7ccccc7)c7ccccc7)c6)c5c4)c32)cc1. The summed E-state index contributed by atoms with van der Waals surface area (Å²) < 4.78 is 5.01. The number of aromatic nitrogens is 2. The number of rotatable bonds is 9. The van der Waals surface area contributed by atoms with Gasteiger partial charge in [0.1, 0.15) is 0 Å². The molecule has 2 heterocycles. The molecule has 0 spiro atoms. The highest BCUT2D eigenvalue weighted by molar-refractivity contribution is 7.19. The summed E-state index contributed by atoms with van der Waals surface area (Å²) in [6, 6.07) is 113. The Labute approximate surface area is 443 Å². The summed E-state index contributed by atoms with van der Waals surface area (Å²) in [6.45, 7) is 0. The predicted octanol–water partition coefficient (Wildman–Crippen LogP) is 15.3. The van der Waals surface area contributed by atoms with Crippen LogP contribution in [0.4, 0.5) is 0 Å². The van der Waals surface area contributed by atoms with Gasteiger partial charge in [0.15, 0.2) is 8.07 Å². The number of benzene rings is 12. The molecule has 3 heteroatoms. The average Bonchev–Trinajstić information content (AvgIpc) is 4.31. The maximum atomic E-state index is 2.51. The topological polar surface area (TPSA) is 9.86 Å². The van der Waals surface area contributed by atoms with Gasteiger partial charge in [-0.15, -0.1) is 0 Å². The van der Waals surface area contributed by atoms with E-state index in [1.54, 1.807) is 0 Å². The molecule has 0 atom stereocenters. The Morgan fingerprint density at radius 2 is 0.684 bits per heavy atom. The third-order valence-electron chi connectivity index (χ3n) is 16.5.